The van der Waals surface area contributed by atoms with Crippen molar-refractivity contribution in [2.24, 2.45) is 16.5 Å². The van der Waals surface area contributed by atoms with Crippen LogP contribution in [0.5, 0.6) is 0 Å². The number of anilines is 1. The predicted octanol–water partition coefficient (Wildman–Crippen LogP) is 1.70. The van der Waals surface area contributed by atoms with Crippen molar-refractivity contribution in [2.75, 3.05) is 25.6 Å². The first kappa shape index (κ1) is 20.1. The van der Waals surface area contributed by atoms with E-state index in [4.69, 9.17) is 21.6 Å². The molecule has 0 aliphatic heterocycles. The van der Waals surface area contributed by atoms with Crippen molar-refractivity contribution in [2.45, 2.75) is 19.3 Å². The third-order valence-corrected chi connectivity index (χ3v) is 3.37. The van der Waals surface area contributed by atoms with Crippen LogP contribution in [0, 0.1) is 16.7 Å². The molecule has 0 aliphatic carbocycles. The summed E-state index contributed by atoms with van der Waals surface area (Å²) in [4.78, 5) is 8.18. The Morgan fingerprint density at radius 3 is 2.80 bits per heavy atom. The molecule has 25 heavy (non-hydrogen) atoms. The number of pyridine rings is 1. The van der Waals surface area contributed by atoms with Gasteiger partial charge >= 0.3 is 0 Å². The first-order valence-electron chi connectivity index (χ1n) is 7.42. The Morgan fingerprint density at radius 2 is 2.28 bits per heavy atom. The van der Waals surface area contributed by atoms with E-state index in [1.54, 1.807) is 27.0 Å². The lowest BCUT2D eigenvalue weighted by Gasteiger charge is -2.21. The molecule has 0 unspecified atom stereocenters. The summed E-state index contributed by atoms with van der Waals surface area (Å²) >= 11 is 0. The first-order chi connectivity index (χ1) is 11.8. The van der Waals surface area contributed by atoms with Gasteiger partial charge in [0, 0.05) is 31.6 Å². The molecule has 0 fully saturated rings. The molecule has 0 radical (unpaired) electrons. The second kappa shape index (κ2) is 8.75. The summed E-state index contributed by atoms with van der Waals surface area (Å²) in [6.07, 6.45) is 1.69. The standard InChI is InChI=1S/C16H22FN7O/c1-16(2,9-20)11-6-13(22-4-5-25-3)23-15(10(11)7-18)24-14(21)12(17)8-19/h6-8,18H,4-5,19H2,1-3H3,(H3,21,22,23,24)/b12-8+,18-7?. The molecule has 0 amide bonds. The summed E-state index contributed by atoms with van der Waals surface area (Å²) in [5, 5.41) is 20.1. The van der Waals surface area contributed by atoms with Gasteiger partial charge in [-0.2, -0.15) is 5.26 Å². The van der Waals surface area contributed by atoms with Crippen LogP contribution in [-0.2, 0) is 10.2 Å². The maximum absolute atomic E-state index is 13.5. The molecule has 0 aliphatic rings. The Labute approximate surface area is 145 Å². The average molecular weight is 347 g/mol. The number of nitriles is 1. The van der Waals surface area contributed by atoms with Gasteiger partial charge in [0.05, 0.1) is 18.1 Å². The Morgan fingerprint density at radius 1 is 1.60 bits per heavy atom. The molecule has 0 saturated carbocycles. The molecular weight excluding hydrogens is 325 g/mol. The van der Waals surface area contributed by atoms with Crippen LogP contribution in [-0.4, -0.2) is 37.3 Å². The van der Waals surface area contributed by atoms with Crippen LogP contribution in [0.4, 0.5) is 16.0 Å². The third-order valence-electron chi connectivity index (χ3n) is 3.37. The minimum absolute atomic E-state index is 0.0187. The quantitative estimate of drug-likeness (QED) is 0.320. The number of nitrogens with two attached hydrogens (primary N) is 2. The Hall–Kier alpha value is -2.99. The Balaban J connectivity index is 3.57. The number of hydrogen-bond donors (Lipinski definition) is 4. The van der Waals surface area contributed by atoms with Gasteiger partial charge < -0.3 is 26.9 Å². The van der Waals surface area contributed by atoms with Crippen molar-refractivity contribution in [1.29, 1.82) is 10.7 Å². The molecule has 6 N–H and O–H groups in total. The van der Waals surface area contributed by atoms with Gasteiger partial charge in [0.25, 0.3) is 0 Å². The fraction of sp³-hybridized carbons (Fsp3) is 0.375. The third kappa shape index (κ3) is 4.99. The zero-order chi connectivity index (χ0) is 19.0. The number of methoxy groups -OCH3 is 1. The van der Waals surface area contributed by atoms with Gasteiger partial charge in [-0.3, -0.25) is 0 Å². The van der Waals surface area contributed by atoms with Crippen LogP contribution in [0.2, 0.25) is 0 Å². The van der Waals surface area contributed by atoms with E-state index in [0.29, 0.717) is 30.7 Å². The molecule has 1 aromatic rings. The molecule has 134 valence electrons. The Kier molecular flexibility index (Phi) is 7.02. The van der Waals surface area contributed by atoms with Gasteiger partial charge in [0.1, 0.15) is 5.82 Å². The van der Waals surface area contributed by atoms with Gasteiger partial charge in [0.15, 0.2) is 17.5 Å². The maximum atomic E-state index is 13.5. The van der Waals surface area contributed by atoms with E-state index in [9.17, 15) is 9.65 Å². The minimum Gasteiger partial charge on any atom is -0.402 e. The SMILES string of the molecule is COCCNc1cc(C(C)(C)C#N)c(C=N)c(/N=C(N)\C(F)=C/N)n1. The highest BCUT2D eigenvalue weighted by Gasteiger charge is 2.26. The van der Waals surface area contributed by atoms with Gasteiger partial charge in [-0.1, -0.05) is 0 Å². The number of hydrogen-bond acceptors (Lipinski definition) is 7. The molecule has 0 aromatic carbocycles. The van der Waals surface area contributed by atoms with Crippen molar-refractivity contribution in [3.05, 3.63) is 29.2 Å². The number of aromatic nitrogens is 1. The number of ether oxygens (including phenoxy) is 1. The van der Waals surface area contributed by atoms with Crippen molar-refractivity contribution >= 4 is 23.7 Å². The zero-order valence-electron chi connectivity index (χ0n) is 14.4. The van der Waals surface area contributed by atoms with Gasteiger partial charge in [-0.15, -0.1) is 0 Å². The molecule has 9 heteroatoms. The number of rotatable bonds is 8. The predicted molar refractivity (Wildman–Crippen MR) is 95.8 cm³/mol. The number of aliphatic imine (C=N–C) groups is 1. The van der Waals surface area contributed by atoms with Gasteiger partial charge in [-0.25, -0.2) is 14.4 Å². The van der Waals surface area contributed by atoms with Crippen LogP contribution in [0.15, 0.2) is 23.1 Å². The molecule has 8 nitrogen and oxygen atoms in total. The van der Waals surface area contributed by atoms with Crippen LogP contribution in [0.25, 0.3) is 0 Å². The second-order valence-corrected chi connectivity index (χ2v) is 5.60. The molecule has 0 atom stereocenters. The molecular formula is C16H22FN7O. The first-order valence-corrected chi connectivity index (χ1v) is 7.42. The lowest BCUT2D eigenvalue weighted by atomic mass is 9.83. The number of nitrogens with zero attached hydrogens (tertiary/aromatic N) is 3. The normalized spacial score (nSPS) is 12.6. The summed E-state index contributed by atoms with van der Waals surface area (Å²) in [7, 11) is 1.57. The van der Waals surface area contributed by atoms with Gasteiger partial charge in [0.2, 0.25) is 0 Å². The largest absolute Gasteiger partial charge is 0.402 e. The summed E-state index contributed by atoms with van der Waals surface area (Å²) in [6, 6.07) is 3.83. The van der Waals surface area contributed by atoms with E-state index in [-0.39, 0.29) is 11.4 Å². The van der Waals surface area contributed by atoms with E-state index in [0.717, 1.165) is 6.21 Å². The van der Waals surface area contributed by atoms with Crippen molar-refractivity contribution in [3.63, 3.8) is 0 Å². The fourth-order valence-corrected chi connectivity index (χ4v) is 1.97. The summed E-state index contributed by atoms with van der Waals surface area (Å²) < 4.78 is 18.5. The minimum atomic E-state index is -0.922. The highest BCUT2D eigenvalue weighted by molar-refractivity contribution is 5.98. The molecule has 1 aromatic heterocycles. The van der Waals surface area contributed by atoms with E-state index in [1.807, 2.05) is 0 Å². The lowest BCUT2D eigenvalue weighted by molar-refractivity contribution is 0.210. The van der Waals surface area contributed by atoms with Crippen LogP contribution in [0.1, 0.15) is 25.0 Å². The molecule has 0 saturated heterocycles. The highest BCUT2D eigenvalue weighted by atomic mass is 19.1. The van der Waals surface area contributed by atoms with Crippen LogP contribution >= 0.6 is 0 Å². The monoisotopic (exact) mass is 347 g/mol. The van der Waals surface area contributed by atoms with E-state index < -0.39 is 17.1 Å². The summed E-state index contributed by atoms with van der Waals surface area (Å²) in [5.41, 5.74) is 10.5. The van der Waals surface area contributed by atoms with E-state index in [2.05, 4.69) is 21.4 Å². The van der Waals surface area contributed by atoms with E-state index in [1.165, 1.54) is 0 Å². The number of nitrogens with one attached hydrogen (secondary N) is 2. The molecule has 0 bridgehead atoms. The smallest absolute Gasteiger partial charge is 0.180 e. The van der Waals surface area contributed by atoms with E-state index >= 15 is 0 Å². The molecule has 0 spiro atoms. The molecule has 1 heterocycles. The lowest BCUT2D eigenvalue weighted by Crippen LogP contribution is -2.19. The highest BCUT2D eigenvalue weighted by Crippen LogP contribution is 2.32. The fourth-order valence-electron chi connectivity index (χ4n) is 1.97. The van der Waals surface area contributed by atoms with Gasteiger partial charge in [-0.05, 0) is 25.5 Å². The summed E-state index contributed by atoms with van der Waals surface area (Å²) in [6.45, 7) is 4.31. The Bertz CT molecular complexity index is 735. The van der Waals surface area contributed by atoms with Crippen LogP contribution in [0.3, 0.4) is 0 Å². The second-order valence-electron chi connectivity index (χ2n) is 5.60. The number of amidine groups is 1. The topological polar surface area (TPSA) is 146 Å². The zero-order valence-corrected chi connectivity index (χ0v) is 14.4. The number of halogens is 1. The summed E-state index contributed by atoms with van der Waals surface area (Å²) in [5.74, 6) is -0.945. The van der Waals surface area contributed by atoms with Crippen molar-refractivity contribution in [1.82, 2.24) is 4.98 Å². The van der Waals surface area contributed by atoms with Crippen LogP contribution < -0.4 is 16.8 Å². The van der Waals surface area contributed by atoms with Crippen molar-refractivity contribution < 1.29 is 9.13 Å². The van der Waals surface area contributed by atoms with Crippen molar-refractivity contribution in [3.8, 4) is 6.07 Å². The maximum Gasteiger partial charge on any atom is 0.180 e. The average Bonchev–Trinajstić information content (AvgIpc) is 2.60. The molecule has 1 rings (SSSR count).